The Morgan fingerprint density at radius 3 is 2.94 bits per heavy atom. The van der Waals surface area contributed by atoms with Crippen molar-refractivity contribution in [2.45, 2.75) is 19.9 Å². The molecular formula is C12H13N3O2S. The molecule has 0 saturated carbocycles. The van der Waals surface area contributed by atoms with Crippen LogP contribution in [-0.4, -0.2) is 9.91 Å². The van der Waals surface area contributed by atoms with Gasteiger partial charge in [0.1, 0.15) is 5.82 Å². The van der Waals surface area contributed by atoms with E-state index < -0.39 is 4.92 Å². The molecule has 0 spiro atoms. The summed E-state index contributed by atoms with van der Waals surface area (Å²) in [6.07, 6.45) is 1.51. The summed E-state index contributed by atoms with van der Waals surface area (Å²) in [4.78, 5) is 14.6. The number of aryl methyl sites for hydroxylation is 1. The van der Waals surface area contributed by atoms with Gasteiger partial charge in [0.2, 0.25) is 0 Å². The molecule has 1 atom stereocenters. The highest BCUT2D eigenvalue weighted by Crippen LogP contribution is 2.24. The summed E-state index contributed by atoms with van der Waals surface area (Å²) in [6.45, 7) is 3.67. The topological polar surface area (TPSA) is 68.1 Å². The highest BCUT2D eigenvalue weighted by atomic mass is 32.1. The number of nitro groups is 1. The lowest BCUT2D eigenvalue weighted by atomic mass is 10.2. The van der Waals surface area contributed by atoms with Crippen LogP contribution < -0.4 is 5.32 Å². The number of pyridine rings is 1. The molecule has 2 aromatic heterocycles. The first-order valence-corrected chi connectivity index (χ1v) is 6.42. The molecule has 0 aliphatic carbocycles. The van der Waals surface area contributed by atoms with Crippen LogP contribution in [0.2, 0.25) is 0 Å². The van der Waals surface area contributed by atoms with Gasteiger partial charge in [0.05, 0.1) is 17.0 Å². The SMILES string of the molecule is Cc1cnc(NC(C)c2ccsc2)cc1[N+](=O)[O-]. The smallest absolute Gasteiger partial charge is 0.277 e. The fourth-order valence-corrected chi connectivity index (χ4v) is 2.37. The molecule has 94 valence electrons. The van der Waals surface area contributed by atoms with Gasteiger partial charge in [0.15, 0.2) is 0 Å². The number of hydrogen-bond acceptors (Lipinski definition) is 5. The summed E-state index contributed by atoms with van der Waals surface area (Å²) in [5.74, 6) is 0.519. The van der Waals surface area contributed by atoms with E-state index in [1.807, 2.05) is 23.8 Å². The lowest BCUT2D eigenvalue weighted by Crippen LogP contribution is -2.07. The van der Waals surface area contributed by atoms with Gasteiger partial charge in [-0.25, -0.2) is 4.98 Å². The number of hydrogen-bond donors (Lipinski definition) is 1. The van der Waals surface area contributed by atoms with Crippen LogP contribution in [0.3, 0.4) is 0 Å². The van der Waals surface area contributed by atoms with Crippen LogP contribution in [0.15, 0.2) is 29.1 Å². The Morgan fingerprint density at radius 2 is 2.33 bits per heavy atom. The zero-order valence-corrected chi connectivity index (χ0v) is 10.9. The minimum absolute atomic E-state index is 0.0751. The van der Waals surface area contributed by atoms with E-state index in [-0.39, 0.29) is 11.7 Å². The van der Waals surface area contributed by atoms with E-state index in [0.29, 0.717) is 11.4 Å². The third-order valence-corrected chi connectivity index (χ3v) is 3.38. The van der Waals surface area contributed by atoms with Gasteiger partial charge in [-0.1, -0.05) is 0 Å². The van der Waals surface area contributed by atoms with Crippen LogP contribution in [-0.2, 0) is 0 Å². The standard InChI is InChI=1S/C12H13N3O2S/c1-8-6-13-12(5-11(8)15(16)17)14-9(2)10-3-4-18-7-10/h3-7,9H,1-2H3,(H,13,14). The minimum Gasteiger partial charge on any atom is -0.363 e. The molecule has 1 N–H and O–H groups in total. The van der Waals surface area contributed by atoms with Crippen molar-refractivity contribution in [3.8, 4) is 0 Å². The van der Waals surface area contributed by atoms with Crippen molar-refractivity contribution in [2.75, 3.05) is 5.32 Å². The van der Waals surface area contributed by atoms with Crippen molar-refractivity contribution in [1.82, 2.24) is 4.98 Å². The summed E-state index contributed by atoms with van der Waals surface area (Å²) >= 11 is 1.62. The van der Waals surface area contributed by atoms with Crippen LogP contribution in [0.4, 0.5) is 11.5 Å². The Morgan fingerprint density at radius 1 is 1.56 bits per heavy atom. The van der Waals surface area contributed by atoms with E-state index >= 15 is 0 Å². The number of rotatable bonds is 4. The van der Waals surface area contributed by atoms with Gasteiger partial charge >= 0.3 is 0 Å². The molecule has 1 unspecified atom stereocenters. The summed E-state index contributed by atoms with van der Waals surface area (Å²) < 4.78 is 0. The maximum absolute atomic E-state index is 10.8. The molecule has 2 heterocycles. The quantitative estimate of drug-likeness (QED) is 0.676. The number of anilines is 1. The highest BCUT2D eigenvalue weighted by molar-refractivity contribution is 7.07. The Bertz CT molecular complexity index is 554. The summed E-state index contributed by atoms with van der Waals surface area (Å²) in [5.41, 5.74) is 1.80. The molecule has 2 rings (SSSR count). The van der Waals surface area contributed by atoms with E-state index in [4.69, 9.17) is 0 Å². The maximum Gasteiger partial charge on any atom is 0.277 e. The first-order chi connectivity index (χ1) is 8.58. The fraction of sp³-hybridized carbons (Fsp3) is 0.250. The van der Waals surface area contributed by atoms with Gasteiger partial charge in [-0.2, -0.15) is 11.3 Å². The molecular weight excluding hydrogens is 250 g/mol. The van der Waals surface area contributed by atoms with E-state index in [1.165, 1.54) is 12.3 Å². The Kier molecular flexibility index (Phi) is 3.57. The Labute approximate surface area is 109 Å². The number of aromatic nitrogens is 1. The van der Waals surface area contributed by atoms with Crippen molar-refractivity contribution in [1.29, 1.82) is 0 Å². The predicted molar refractivity (Wildman–Crippen MR) is 72.0 cm³/mol. The van der Waals surface area contributed by atoms with Gasteiger partial charge in [-0.05, 0) is 36.2 Å². The molecule has 0 saturated heterocycles. The van der Waals surface area contributed by atoms with E-state index in [0.717, 1.165) is 5.56 Å². The number of nitrogens with one attached hydrogen (secondary N) is 1. The first-order valence-electron chi connectivity index (χ1n) is 5.47. The molecule has 0 aromatic carbocycles. The molecule has 0 amide bonds. The summed E-state index contributed by atoms with van der Waals surface area (Å²) in [7, 11) is 0. The third kappa shape index (κ3) is 2.65. The average molecular weight is 263 g/mol. The molecule has 0 aliphatic rings. The molecule has 5 nitrogen and oxygen atoms in total. The minimum atomic E-state index is -0.391. The van der Waals surface area contributed by atoms with Gasteiger partial charge in [-0.15, -0.1) is 0 Å². The molecule has 0 fully saturated rings. The lowest BCUT2D eigenvalue weighted by molar-refractivity contribution is -0.385. The zero-order valence-electron chi connectivity index (χ0n) is 10.1. The van der Waals surface area contributed by atoms with E-state index in [9.17, 15) is 10.1 Å². The van der Waals surface area contributed by atoms with Crippen LogP contribution >= 0.6 is 11.3 Å². The maximum atomic E-state index is 10.8. The monoisotopic (exact) mass is 263 g/mol. The van der Waals surface area contributed by atoms with Crippen molar-refractivity contribution in [2.24, 2.45) is 0 Å². The summed E-state index contributed by atoms with van der Waals surface area (Å²) in [6, 6.07) is 3.56. The number of thiophene rings is 1. The van der Waals surface area contributed by atoms with Crippen molar-refractivity contribution in [3.63, 3.8) is 0 Å². The second kappa shape index (κ2) is 5.14. The molecule has 6 heteroatoms. The van der Waals surface area contributed by atoms with Gasteiger partial charge in [-0.3, -0.25) is 10.1 Å². The molecule has 18 heavy (non-hydrogen) atoms. The highest BCUT2D eigenvalue weighted by Gasteiger charge is 2.13. The number of nitrogens with zero attached hydrogens (tertiary/aromatic N) is 2. The van der Waals surface area contributed by atoms with Gasteiger partial charge < -0.3 is 5.32 Å². The largest absolute Gasteiger partial charge is 0.363 e. The van der Waals surface area contributed by atoms with Crippen molar-refractivity contribution in [3.05, 3.63) is 50.3 Å². The zero-order chi connectivity index (χ0) is 13.1. The van der Waals surface area contributed by atoms with Crippen molar-refractivity contribution < 1.29 is 4.92 Å². The second-order valence-corrected chi connectivity index (χ2v) is 4.82. The van der Waals surface area contributed by atoms with Gasteiger partial charge in [0.25, 0.3) is 5.69 Å². The van der Waals surface area contributed by atoms with E-state index in [1.54, 1.807) is 18.3 Å². The summed E-state index contributed by atoms with van der Waals surface area (Å²) in [5, 5.41) is 18.0. The van der Waals surface area contributed by atoms with Crippen LogP contribution in [0.5, 0.6) is 0 Å². The van der Waals surface area contributed by atoms with Crippen LogP contribution in [0.1, 0.15) is 24.1 Å². The Balaban J connectivity index is 2.20. The third-order valence-electron chi connectivity index (χ3n) is 2.68. The van der Waals surface area contributed by atoms with Crippen LogP contribution in [0, 0.1) is 17.0 Å². The molecule has 0 aliphatic heterocycles. The van der Waals surface area contributed by atoms with E-state index in [2.05, 4.69) is 10.3 Å². The Hall–Kier alpha value is -1.95. The second-order valence-electron chi connectivity index (χ2n) is 4.04. The van der Waals surface area contributed by atoms with Crippen LogP contribution in [0.25, 0.3) is 0 Å². The molecule has 2 aromatic rings. The lowest BCUT2D eigenvalue weighted by Gasteiger charge is -2.13. The predicted octanol–water partition coefficient (Wildman–Crippen LogP) is 3.53. The molecule has 0 radical (unpaired) electrons. The first kappa shape index (κ1) is 12.5. The fourth-order valence-electron chi connectivity index (χ4n) is 1.62. The normalized spacial score (nSPS) is 12.1. The van der Waals surface area contributed by atoms with Gasteiger partial charge in [0, 0.05) is 11.8 Å². The molecule has 0 bridgehead atoms. The van der Waals surface area contributed by atoms with Crippen molar-refractivity contribution >= 4 is 22.8 Å². The average Bonchev–Trinajstić information content (AvgIpc) is 2.85.